The fourth-order valence-electron chi connectivity index (χ4n) is 1.99. The summed E-state index contributed by atoms with van der Waals surface area (Å²) >= 11 is 7.10. The van der Waals surface area contributed by atoms with E-state index in [1.54, 1.807) is 0 Å². The first-order valence-electron chi connectivity index (χ1n) is 6.92. The highest BCUT2D eigenvalue weighted by Crippen LogP contribution is 2.34. The predicted molar refractivity (Wildman–Crippen MR) is 92.7 cm³/mol. The summed E-state index contributed by atoms with van der Waals surface area (Å²) in [5.41, 5.74) is 2.32. The maximum Gasteiger partial charge on any atom is 0.147 e. The largest absolute Gasteiger partial charge is 0.492 e. The van der Waals surface area contributed by atoms with Crippen LogP contribution in [0.3, 0.4) is 0 Å². The maximum absolute atomic E-state index is 5.58. The van der Waals surface area contributed by atoms with Crippen LogP contribution >= 0.6 is 31.9 Å². The fourth-order valence-corrected chi connectivity index (χ4v) is 3.50. The van der Waals surface area contributed by atoms with E-state index in [2.05, 4.69) is 54.3 Å². The minimum Gasteiger partial charge on any atom is -0.492 e. The van der Waals surface area contributed by atoms with E-state index in [0.717, 1.165) is 39.9 Å². The summed E-state index contributed by atoms with van der Waals surface area (Å²) in [6, 6.07) is 10.2. The van der Waals surface area contributed by atoms with Crippen LogP contribution in [0.1, 0.15) is 18.2 Å². The Morgan fingerprint density at radius 2 is 1.95 bits per heavy atom. The molecule has 0 radical (unpaired) electrons. The lowest BCUT2D eigenvalue weighted by molar-refractivity contribution is 0.336. The van der Waals surface area contributed by atoms with Gasteiger partial charge in [-0.1, -0.05) is 6.07 Å². The molecule has 3 nitrogen and oxygen atoms in total. The van der Waals surface area contributed by atoms with Gasteiger partial charge in [0.25, 0.3) is 0 Å². The summed E-state index contributed by atoms with van der Waals surface area (Å²) in [5.74, 6) is 0.856. The summed E-state index contributed by atoms with van der Waals surface area (Å²) in [6.07, 6.45) is 2.76. The van der Waals surface area contributed by atoms with Crippen molar-refractivity contribution in [1.82, 2.24) is 10.3 Å². The minimum atomic E-state index is 0.652. The second kappa shape index (κ2) is 8.51. The van der Waals surface area contributed by atoms with Gasteiger partial charge in [-0.2, -0.15) is 0 Å². The van der Waals surface area contributed by atoms with Gasteiger partial charge in [-0.15, -0.1) is 0 Å². The van der Waals surface area contributed by atoms with E-state index in [-0.39, 0.29) is 0 Å². The molecule has 0 saturated heterocycles. The van der Waals surface area contributed by atoms with Crippen LogP contribution in [0.4, 0.5) is 0 Å². The van der Waals surface area contributed by atoms with Crippen LogP contribution in [0, 0.1) is 0 Å². The SMILES string of the molecule is CCOc1c(Br)cc(CNCCc2ccccn2)cc1Br. The number of hydrogen-bond acceptors (Lipinski definition) is 3. The van der Waals surface area contributed by atoms with Crippen LogP contribution < -0.4 is 10.1 Å². The predicted octanol–water partition coefficient (Wildman–Crippen LogP) is 4.34. The molecule has 1 aromatic carbocycles. The minimum absolute atomic E-state index is 0.652. The van der Waals surface area contributed by atoms with Crippen molar-refractivity contribution < 1.29 is 4.74 Å². The molecule has 2 rings (SSSR count). The zero-order chi connectivity index (χ0) is 15.1. The van der Waals surface area contributed by atoms with Crippen molar-refractivity contribution in [3.05, 3.63) is 56.7 Å². The van der Waals surface area contributed by atoms with E-state index in [1.165, 1.54) is 5.56 Å². The van der Waals surface area contributed by atoms with Crippen molar-refractivity contribution in [3.8, 4) is 5.75 Å². The Bertz CT molecular complexity index is 553. The summed E-state index contributed by atoms with van der Waals surface area (Å²) in [7, 11) is 0. The molecular weight excluding hydrogens is 396 g/mol. The van der Waals surface area contributed by atoms with E-state index in [9.17, 15) is 0 Å². The molecule has 0 bridgehead atoms. The number of ether oxygens (including phenoxy) is 1. The molecule has 1 heterocycles. The molecule has 112 valence electrons. The number of nitrogens with zero attached hydrogens (tertiary/aromatic N) is 1. The molecule has 0 atom stereocenters. The van der Waals surface area contributed by atoms with Crippen molar-refractivity contribution in [2.75, 3.05) is 13.2 Å². The van der Waals surface area contributed by atoms with E-state index in [0.29, 0.717) is 6.61 Å². The molecule has 21 heavy (non-hydrogen) atoms. The van der Waals surface area contributed by atoms with Crippen LogP contribution in [-0.2, 0) is 13.0 Å². The number of nitrogens with one attached hydrogen (secondary N) is 1. The standard InChI is InChI=1S/C16H18Br2N2O/c1-2-21-16-14(17)9-12(10-15(16)18)11-19-8-6-13-5-3-4-7-20-13/h3-5,7,9-10,19H,2,6,8,11H2,1H3. The number of aromatic nitrogens is 1. The molecule has 0 aliphatic rings. The average molecular weight is 414 g/mol. The maximum atomic E-state index is 5.58. The lowest BCUT2D eigenvalue weighted by atomic mass is 10.2. The zero-order valence-corrected chi connectivity index (χ0v) is 15.1. The van der Waals surface area contributed by atoms with Crippen molar-refractivity contribution in [2.24, 2.45) is 0 Å². The number of halogens is 2. The third kappa shape index (κ3) is 5.09. The van der Waals surface area contributed by atoms with Crippen LogP contribution in [0.5, 0.6) is 5.75 Å². The molecule has 1 aromatic heterocycles. The molecule has 0 spiro atoms. The van der Waals surface area contributed by atoms with E-state index >= 15 is 0 Å². The monoisotopic (exact) mass is 412 g/mol. The Kier molecular flexibility index (Phi) is 6.67. The topological polar surface area (TPSA) is 34.1 Å². The zero-order valence-electron chi connectivity index (χ0n) is 11.9. The van der Waals surface area contributed by atoms with E-state index in [1.807, 2.05) is 31.3 Å². The molecule has 0 fully saturated rings. The van der Waals surface area contributed by atoms with Crippen molar-refractivity contribution in [3.63, 3.8) is 0 Å². The normalized spacial score (nSPS) is 10.6. The Morgan fingerprint density at radius 1 is 1.19 bits per heavy atom. The van der Waals surface area contributed by atoms with Crippen molar-refractivity contribution >= 4 is 31.9 Å². The third-order valence-corrected chi connectivity index (χ3v) is 4.14. The van der Waals surface area contributed by atoms with Crippen LogP contribution in [-0.4, -0.2) is 18.1 Å². The molecule has 2 aromatic rings. The van der Waals surface area contributed by atoms with Crippen LogP contribution in [0.2, 0.25) is 0 Å². The summed E-state index contributed by atoms with van der Waals surface area (Å²) in [6.45, 7) is 4.35. The number of hydrogen-bond donors (Lipinski definition) is 1. The van der Waals surface area contributed by atoms with Crippen molar-refractivity contribution in [2.45, 2.75) is 19.9 Å². The van der Waals surface area contributed by atoms with Gasteiger partial charge in [-0.25, -0.2) is 0 Å². The first kappa shape index (κ1) is 16.5. The highest BCUT2D eigenvalue weighted by atomic mass is 79.9. The molecular formula is C16H18Br2N2O. The first-order chi connectivity index (χ1) is 10.2. The second-order valence-electron chi connectivity index (χ2n) is 4.57. The van der Waals surface area contributed by atoms with Crippen molar-refractivity contribution in [1.29, 1.82) is 0 Å². The Labute approximate surface area is 142 Å². The summed E-state index contributed by atoms with van der Waals surface area (Å²) < 4.78 is 7.53. The van der Waals surface area contributed by atoms with E-state index in [4.69, 9.17) is 4.74 Å². The molecule has 0 aliphatic heterocycles. The van der Waals surface area contributed by atoms with Gasteiger partial charge in [0.2, 0.25) is 0 Å². The molecule has 5 heteroatoms. The molecule has 1 N–H and O–H groups in total. The molecule has 0 saturated carbocycles. The number of rotatable bonds is 7. The highest BCUT2D eigenvalue weighted by Gasteiger charge is 2.08. The Morgan fingerprint density at radius 3 is 2.57 bits per heavy atom. The first-order valence-corrected chi connectivity index (χ1v) is 8.50. The van der Waals surface area contributed by atoms with Gasteiger partial charge < -0.3 is 10.1 Å². The van der Waals surface area contributed by atoms with Gasteiger partial charge in [-0.3, -0.25) is 4.98 Å². The van der Waals surface area contributed by atoms with Gasteiger partial charge in [-0.05, 0) is 68.6 Å². The van der Waals surface area contributed by atoms with Gasteiger partial charge in [0.1, 0.15) is 5.75 Å². The average Bonchev–Trinajstić information content (AvgIpc) is 2.48. The van der Waals surface area contributed by atoms with Crippen LogP contribution in [0.25, 0.3) is 0 Å². The Hall–Kier alpha value is -0.910. The second-order valence-corrected chi connectivity index (χ2v) is 6.28. The highest BCUT2D eigenvalue weighted by molar-refractivity contribution is 9.11. The third-order valence-electron chi connectivity index (χ3n) is 2.96. The Balaban J connectivity index is 1.86. The summed E-state index contributed by atoms with van der Waals surface area (Å²) in [5, 5.41) is 3.43. The van der Waals surface area contributed by atoms with Gasteiger partial charge >= 0.3 is 0 Å². The number of pyridine rings is 1. The molecule has 0 amide bonds. The van der Waals surface area contributed by atoms with Gasteiger partial charge in [0.05, 0.1) is 15.6 Å². The summed E-state index contributed by atoms with van der Waals surface area (Å²) in [4.78, 5) is 4.31. The van der Waals surface area contributed by atoms with E-state index < -0.39 is 0 Å². The lowest BCUT2D eigenvalue weighted by Crippen LogP contribution is -2.17. The smallest absolute Gasteiger partial charge is 0.147 e. The molecule has 0 aliphatic carbocycles. The molecule has 0 unspecified atom stereocenters. The van der Waals surface area contributed by atoms with Gasteiger partial charge in [0.15, 0.2) is 0 Å². The van der Waals surface area contributed by atoms with Crippen LogP contribution in [0.15, 0.2) is 45.5 Å². The van der Waals surface area contributed by atoms with Gasteiger partial charge in [0, 0.05) is 31.4 Å². The quantitative estimate of drug-likeness (QED) is 0.685. The fraction of sp³-hybridized carbons (Fsp3) is 0.312. The number of benzene rings is 1. The lowest BCUT2D eigenvalue weighted by Gasteiger charge is -2.11.